The highest BCUT2D eigenvalue weighted by Crippen LogP contribution is 2.41. The summed E-state index contributed by atoms with van der Waals surface area (Å²) in [6.45, 7) is 7.71. The number of hydrogen-bond acceptors (Lipinski definition) is 6. The Morgan fingerprint density at radius 1 is 1.23 bits per heavy atom. The number of nitrogens with one attached hydrogen (secondary N) is 3. The first kappa shape index (κ1) is 22.5. The summed E-state index contributed by atoms with van der Waals surface area (Å²) < 4.78 is 0. The summed E-state index contributed by atoms with van der Waals surface area (Å²) in [5, 5.41) is 20.4. The first-order valence-corrected chi connectivity index (χ1v) is 10.8. The maximum absolute atomic E-state index is 12.9. The summed E-state index contributed by atoms with van der Waals surface area (Å²) >= 11 is 5.99. The molecule has 0 aliphatic heterocycles. The van der Waals surface area contributed by atoms with Gasteiger partial charge in [0.2, 0.25) is 5.91 Å². The van der Waals surface area contributed by atoms with Gasteiger partial charge in [0.25, 0.3) is 0 Å². The van der Waals surface area contributed by atoms with E-state index in [0.717, 1.165) is 16.9 Å². The first-order chi connectivity index (χ1) is 14.4. The van der Waals surface area contributed by atoms with Crippen LogP contribution in [0.25, 0.3) is 0 Å². The number of carbonyl (C=O) groups excluding carboxylic acids is 1. The van der Waals surface area contributed by atoms with Crippen molar-refractivity contribution in [3.05, 3.63) is 52.4 Å². The number of aliphatic hydroxyl groups excluding tert-OH is 1. The smallest absolute Gasteiger partial charge is 0.228 e. The molecule has 0 fully saturated rings. The van der Waals surface area contributed by atoms with Crippen molar-refractivity contribution in [2.75, 3.05) is 25.0 Å². The van der Waals surface area contributed by atoms with Gasteiger partial charge in [0.15, 0.2) is 0 Å². The molecule has 2 aromatic rings. The first-order valence-electron chi connectivity index (χ1n) is 10.4. The van der Waals surface area contributed by atoms with Crippen LogP contribution in [0.5, 0.6) is 0 Å². The van der Waals surface area contributed by atoms with Crippen LogP contribution in [0.3, 0.4) is 0 Å². The minimum Gasteiger partial charge on any atom is -0.387 e. The van der Waals surface area contributed by atoms with E-state index in [-0.39, 0.29) is 23.8 Å². The van der Waals surface area contributed by atoms with Crippen LogP contribution < -0.4 is 16.0 Å². The molecule has 8 heteroatoms. The summed E-state index contributed by atoms with van der Waals surface area (Å²) in [6.07, 6.45) is 1.59. The van der Waals surface area contributed by atoms with Crippen LogP contribution >= 0.6 is 11.6 Å². The highest BCUT2D eigenvalue weighted by atomic mass is 35.5. The molecule has 0 saturated heterocycles. The normalized spacial score (nSPS) is 18.9. The molecule has 1 aromatic heterocycles. The Hall–Kier alpha value is -2.22. The van der Waals surface area contributed by atoms with Gasteiger partial charge >= 0.3 is 0 Å². The lowest BCUT2D eigenvalue weighted by Crippen LogP contribution is -2.39. The number of aliphatic hydroxyl groups is 1. The molecule has 3 rings (SSSR count). The van der Waals surface area contributed by atoms with E-state index in [2.05, 4.69) is 46.7 Å². The molecule has 1 amide bonds. The Bertz CT molecular complexity index is 859. The Kier molecular flexibility index (Phi) is 7.64. The van der Waals surface area contributed by atoms with Crippen molar-refractivity contribution >= 4 is 23.3 Å². The van der Waals surface area contributed by atoms with Crippen molar-refractivity contribution in [2.45, 2.75) is 51.2 Å². The van der Waals surface area contributed by atoms with Crippen LogP contribution in [0.4, 0.5) is 5.82 Å². The van der Waals surface area contributed by atoms with Crippen LogP contribution in [0.1, 0.15) is 62.0 Å². The summed E-state index contributed by atoms with van der Waals surface area (Å²) in [6, 6.07) is 7.68. The number of hydrogen-bond donors (Lipinski definition) is 4. The lowest BCUT2D eigenvalue weighted by atomic mass is 9.97. The van der Waals surface area contributed by atoms with Gasteiger partial charge in [0, 0.05) is 36.3 Å². The van der Waals surface area contributed by atoms with Gasteiger partial charge in [0.1, 0.15) is 12.1 Å². The topological polar surface area (TPSA) is 99.2 Å². The number of halogens is 1. The van der Waals surface area contributed by atoms with Gasteiger partial charge in [-0.3, -0.25) is 4.79 Å². The molecule has 0 bridgehead atoms. The van der Waals surface area contributed by atoms with E-state index in [1.54, 1.807) is 12.1 Å². The molecule has 4 N–H and O–H groups in total. The van der Waals surface area contributed by atoms with E-state index in [4.69, 9.17) is 11.6 Å². The zero-order chi connectivity index (χ0) is 21.7. The second-order valence-electron chi connectivity index (χ2n) is 8.06. The zero-order valence-electron chi connectivity index (χ0n) is 17.7. The number of benzene rings is 1. The summed E-state index contributed by atoms with van der Waals surface area (Å²) in [7, 11) is 0. The Morgan fingerprint density at radius 3 is 2.67 bits per heavy atom. The van der Waals surface area contributed by atoms with Crippen molar-refractivity contribution in [1.82, 2.24) is 20.6 Å². The van der Waals surface area contributed by atoms with Crippen molar-refractivity contribution in [3.8, 4) is 0 Å². The predicted octanol–water partition coefficient (Wildman–Crippen LogP) is 2.98. The summed E-state index contributed by atoms with van der Waals surface area (Å²) in [5.41, 5.74) is 2.59. The lowest BCUT2D eigenvalue weighted by Gasteiger charge is -2.20. The van der Waals surface area contributed by atoms with Crippen LogP contribution in [0.2, 0.25) is 5.02 Å². The maximum atomic E-state index is 12.9. The molecule has 0 saturated carbocycles. The molecule has 7 nitrogen and oxygen atoms in total. The van der Waals surface area contributed by atoms with E-state index >= 15 is 0 Å². The molecule has 3 unspecified atom stereocenters. The maximum Gasteiger partial charge on any atom is 0.228 e. The monoisotopic (exact) mass is 431 g/mol. The van der Waals surface area contributed by atoms with E-state index in [0.29, 0.717) is 36.8 Å². The minimum atomic E-state index is -0.535. The molecule has 1 heterocycles. The molecule has 1 aliphatic carbocycles. The van der Waals surface area contributed by atoms with Crippen molar-refractivity contribution in [2.24, 2.45) is 0 Å². The highest BCUT2D eigenvalue weighted by Gasteiger charge is 2.31. The molecular formula is C22H30ClN5O2. The Morgan fingerprint density at radius 2 is 1.97 bits per heavy atom. The third-order valence-corrected chi connectivity index (χ3v) is 5.59. The molecule has 1 aromatic carbocycles. The second-order valence-corrected chi connectivity index (χ2v) is 8.50. The lowest BCUT2D eigenvalue weighted by molar-refractivity contribution is -0.122. The fourth-order valence-electron chi connectivity index (χ4n) is 3.77. The molecule has 30 heavy (non-hydrogen) atoms. The number of rotatable bonds is 9. The molecule has 162 valence electrons. The van der Waals surface area contributed by atoms with Crippen LogP contribution in [-0.2, 0) is 4.79 Å². The van der Waals surface area contributed by atoms with Gasteiger partial charge in [-0.05, 0) is 30.0 Å². The van der Waals surface area contributed by atoms with E-state index < -0.39 is 6.10 Å². The van der Waals surface area contributed by atoms with E-state index in [1.165, 1.54) is 6.33 Å². The molecule has 1 aliphatic rings. The fraction of sp³-hybridized carbons (Fsp3) is 0.500. The van der Waals surface area contributed by atoms with Gasteiger partial charge in [-0.1, -0.05) is 44.5 Å². The van der Waals surface area contributed by atoms with E-state index in [1.807, 2.05) is 12.1 Å². The van der Waals surface area contributed by atoms with Crippen molar-refractivity contribution in [3.63, 3.8) is 0 Å². The molecular weight excluding hydrogens is 402 g/mol. The van der Waals surface area contributed by atoms with Gasteiger partial charge in [-0.2, -0.15) is 0 Å². The van der Waals surface area contributed by atoms with Gasteiger partial charge < -0.3 is 21.1 Å². The number of fused-ring (bicyclic) bond motifs is 1. The van der Waals surface area contributed by atoms with Crippen LogP contribution in [-0.4, -0.2) is 46.7 Å². The van der Waals surface area contributed by atoms with Gasteiger partial charge in [-0.15, -0.1) is 0 Å². The Labute approximate surface area is 182 Å². The summed E-state index contributed by atoms with van der Waals surface area (Å²) in [5.74, 6) is 0.589. The van der Waals surface area contributed by atoms with Crippen LogP contribution in [0.15, 0.2) is 30.6 Å². The second kappa shape index (κ2) is 10.2. The quantitative estimate of drug-likeness (QED) is 0.455. The Balaban J connectivity index is 1.58. The summed E-state index contributed by atoms with van der Waals surface area (Å²) in [4.78, 5) is 21.4. The fourth-order valence-corrected chi connectivity index (χ4v) is 3.89. The largest absolute Gasteiger partial charge is 0.387 e. The van der Waals surface area contributed by atoms with Gasteiger partial charge in [-0.25, -0.2) is 9.97 Å². The third kappa shape index (κ3) is 5.47. The number of aromatic nitrogens is 2. The standard InChI is InChI=1S/C22H30ClN5O2/c1-13(2)26-11-17(15-4-6-16(23)7-5-15)22(30)25-9-8-24-21-19-14(3)10-18(29)20(19)27-12-28-21/h4-7,12-14,17-18,26,29H,8-11H2,1-3H3,(H,25,30)(H,24,27,28). The van der Waals surface area contributed by atoms with E-state index in [9.17, 15) is 9.90 Å². The zero-order valence-corrected chi connectivity index (χ0v) is 18.4. The molecule has 0 radical (unpaired) electrons. The van der Waals surface area contributed by atoms with Gasteiger partial charge in [0.05, 0.1) is 17.7 Å². The molecule has 0 spiro atoms. The van der Waals surface area contributed by atoms with Crippen molar-refractivity contribution < 1.29 is 9.90 Å². The SMILES string of the molecule is CC(C)NCC(C(=O)NCCNc1ncnc2c1C(C)CC2O)c1ccc(Cl)cc1. The third-order valence-electron chi connectivity index (χ3n) is 5.34. The highest BCUT2D eigenvalue weighted by molar-refractivity contribution is 6.30. The van der Waals surface area contributed by atoms with Crippen LogP contribution in [0, 0.1) is 0 Å². The molecule has 3 atom stereocenters. The predicted molar refractivity (Wildman–Crippen MR) is 119 cm³/mol. The van der Waals surface area contributed by atoms with Crippen molar-refractivity contribution in [1.29, 1.82) is 0 Å². The number of amides is 1. The number of carbonyl (C=O) groups is 1. The average molecular weight is 432 g/mol. The average Bonchev–Trinajstić information content (AvgIpc) is 3.01. The minimum absolute atomic E-state index is 0.0380. The number of anilines is 1. The number of nitrogens with zero attached hydrogens (tertiary/aromatic N) is 2.